The molecule has 18 heavy (non-hydrogen) atoms. The standard InChI is InChI=1S/C12H21N5O/c1-8-2-4-9(5-3-8)6-7-14-11(18)10-15-12(13)17-16-10/h8-9H,2-7H2,1H3,(H,14,18)(H3,13,15,16,17). The van der Waals surface area contributed by atoms with Gasteiger partial charge in [0.1, 0.15) is 0 Å². The van der Waals surface area contributed by atoms with E-state index in [1.165, 1.54) is 25.7 Å². The maximum atomic E-state index is 11.7. The summed E-state index contributed by atoms with van der Waals surface area (Å²) in [5.41, 5.74) is 5.34. The molecule has 6 heteroatoms. The fourth-order valence-electron chi connectivity index (χ4n) is 2.47. The van der Waals surface area contributed by atoms with Crippen molar-refractivity contribution in [2.75, 3.05) is 12.3 Å². The maximum Gasteiger partial charge on any atom is 0.288 e. The number of H-pyrrole nitrogens is 1. The molecule has 0 unspecified atom stereocenters. The molecule has 1 saturated carbocycles. The second kappa shape index (κ2) is 5.84. The van der Waals surface area contributed by atoms with Gasteiger partial charge in [0.05, 0.1) is 0 Å². The molecule has 1 fully saturated rings. The molecule has 1 heterocycles. The fourth-order valence-corrected chi connectivity index (χ4v) is 2.47. The van der Waals surface area contributed by atoms with E-state index in [-0.39, 0.29) is 17.7 Å². The third-order valence-electron chi connectivity index (χ3n) is 3.69. The number of carbonyl (C=O) groups is 1. The van der Waals surface area contributed by atoms with Crippen molar-refractivity contribution in [1.82, 2.24) is 20.5 Å². The van der Waals surface area contributed by atoms with Crippen molar-refractivity contribution in [3.63, 3.8) is 0 Å². The molecule has 0 radical (unpaired) electrons. The average Bonchev–Trinajstić information content (AvgIpc) is 2.78. The van der Waals surface area contributed by atoms with Crippen molar-refractivity contribution in [2.24, 2.45) is 11.8 Å². The molecular weight excluding hydrogens is 230 g/mol. The van der Waals surface area contributed by atoms with Crippen LogP contribution in [0.3, 0.4) is 0 Å². The molecule has 1 aromatic heterocycles. The van der Waals surface area contributed by atoms with E-state index < -0.39 is 0 Å². The topological polar surface area (TPSA) is 96.7 Å². The number of hydrogen-bond donors (Lipinski definition) is 3. The number of hydrogen-bond acceptors (Lipinski definition) is 4. The highest BCUT2D eigenvalue weighted by Crippen LogP contribution is 2.29. The van der Waals surface area contributed by atoms with Crippen LogP contribution in [-0.4, -0.2) is 27.6 Å². The Kier molecular flexibility index (Phi) is 4.17. The van der Waals surface area contributed by atoms with Gasteiger partial charge in [0.2, 0.25) is 11.8 Å². The van der Waals surface area contributed by atoms with Gasteiger partial charge in [-0.3, -0.25) is 9.89 Å². The van der Waals surface area contributed by atoms with Crippen molar-refractivity contribution in [2.45, 2.75) is 39.0 Å². The van der Waals surface area contributed by atoms with Crippen molar-refractivity contribution in [3.8, 4) is 0 Å². The smallest absolute Gasteiger partial charge is 0.288 e. The van der Waals surface area contributed by atoms with Gasteiger partial charge in [0, 0.05) is 6.54 Å². The molecule has 0 spiro atoms. The molecule has 0 atom stereocenters. The fraction of sp³-hybridized carbons (Fsp3) is 0.750. The van der Waals surface area contributed by atoms with E-state index in [9.17, 15) is 4.79 Å². The van der Waals surface area contributed by atoms with E-state index >= 15 is 0 Å². The zero-order chi connectivity index (χ0) is 13.0. The number of nitrogen functional groups attached to an aromatic ring is 1. The third-order valence-corrected chi connectivity index (χ3v) is 3.69. The van der Waals surface area contributed by atoms with Crippen LogP contribution in [0.25, 0.3) is 0 Å². The first-order valence-electron chi connectivity index (χ1n) is 6.61. The van der Waals surface area contributed by atoms with E-state index in [2.05, 4.69) is 27.4 Å². The summed E-state index contributed by atoms with van der Waals surface area (Å²) < 4.78 is 0. The van der Waals surface area contributed by atoms with Crippen molar-refractivity contribution in [1.29, 1.82) is 0 Å². The maximum absolute atomic E-state index is 11.7. The average molecular weight is 251 g/mol. The van der Waals surface area contributed by atoms with E-state index in [1.54, 1.807) is 0 Å². The van der Waals surface area contributed by atoms with E-state index in [0.29, 0.717) is 6.54 Å². The van der Waals surface area contributed by atoms with Crippen LogP contribution in [-0.2, 0) is 0 Å². The summed E-state index contributed by atoms with van der Waals surface area (Å²) in [6, 6.07) is 0. The Bertz CT molecular complexity index is 395. The summed E-state index contributed by atoms with van der Waals surface area (Å²) in [5.74, 6) is 1.67. The zero-order valence-electron chi connectivity index (χ0n) is 10.8. The second-order valence-corrected chi connectivity index (χ2v) is 5.21. The number of rotatable bonds is 4. The van der Waals surface area contributed by atoms with Crippen molar-refractivity contribution in [3.05, 3.63) is 5.82 Å². The summed E-state index contributed by atoms with van der Waals surface area (Å²) in [5, 5.41) is 8.97. The lowest BCUT2D eigenvalue weighted by atomic mass is 9.81. The molecular formula is C12H21N5O. The largest absolute Gasteiger partial charge is 0.366 e. The Balaban J connectivity index is 1.67. The Morgan fingerprint density at radius 2 is 2.17 bits per heavy atom. The minimum atomic E-state index is -0.233. The number of carbonyl (C=O) groups excluding carboxylic acids is 1. The van der Waals surface area contributed by atoms with Crippen LogP contribution in [0, 0.1) is 11.8 Å². The normalized spacial score (nSPS) is 23.8. The van der Waals surface area contributed by atoms with Crippen LogP contribution in [0.2, 0.25) is 0 Å². The lowest BCUT2D eigenvalue weighted by molar-refractivity contribution is 0.0940. The number of anilines is 1. The minimum absolute atomic E-state index is 0.0985. The molecule has 4 N–H and O–H groups in total. The molecule has 1 aliphatic carbocycles. The van der Waals surface area contributed by atoms with Gasteiger partial charge < -0.3 is 11.1 Å². The number of nitrogens with two attached hydrogens (primary N) is 1. The molecule has 1 amide bonds. The van der Waals surface area contributed by atoms with E-state index in [4.69, 9.17) is 5.73 Å². The summed E-state index contributed by atoms with van der Waals surface area (Å²) in [6.45, 7) is 3.00. The van der Waals surface area contributed by atoms with Gasteiger partial charge in [-0.05, 0) is 18.3 Å². The van der Waals surface area contributed by atoms with Gasteiger partial charge in [-0.25, -0.2) is 0 Å². The highest BCUT2D eigenvalue weighted by molar-refractivity contribution is 5.90. The number of nitrogens with zero attached hydrogens (tertiary/aromatic N) is 2. The number of aromatic amines is 1. The van der Waals surface area contributed by atoms with Crippen LogP contribution in [0.5, 0.6) is 0 Å². The number of nitrogens with one attached hydrogen (secondary N) is 2. The Hall–Kier alpha value is -1.59. The molecule has 1 aliphatic rings. The minimum Gasteiger partial charge on any atom is -0.366 e. The first-order valence-corrected chi connectivity index (χ1v) is 6.61. The first kappa shape index (κ1) is 12.9. The highest BCUT2D eigenvalue weighted by atomic mass is 16.2. The Morgan fingerprint density at radius 3 is 2.78 bits per heavy atom. The van der Waals surface area contributed by atoms with Gasteiger partial charge in [0.25, 0.3) is 5.91 Å². The van der Waals surface area contributed by atoms with Crippen LogP contribution in [0.4, 0.5) is 5.95 Å². The van der Waals surface area contributed by atoms with Gasteiger partial charge in [0.15, 0.2) is 0 Å². The number of aromatic nitrogens is 3. The summed E-state index contributed by atoms with van der Waals surface area (Å²) >= 11 is 0. The molecule has 0 saturated heterocycles. The predicted octanol–water partition coefficient (Wildman–Crippen LogP) is 1.33. The van der Waals surface area contributed by atoms with Gasteiger partial charge in [-0.15, -0.1) is 5.10 Å². The molecule has 0 bridgehead atoms. The van der Waals surface area contributed by atoms with Crippen molar-refractivity contribution >= 4 is 11.9 Å². The highest BCUT2D eigenvalue weighted by Gasteiger charge is 2.18. The molecule has 2 rings (SSSR count). The molecule has 100 valence electrons. The Morgan fingerprint density at radius 1 is 1.44 bits per heavy atom. The quantitative estimate of drug-likeness (QED) is 0.752. The third kappa shape index (κ3) is 3.45. The van der Waals surface area contributed by atoms with Crippen LogP contribution >= 0.6 is 0 Å². The number of amides is 1. The van der Waals surface area contributed by atoms with Gasteiger partial charge >= 0.3 is 0 Å². The van der Waals surface area contributed by atoms with Gasteiger partial charge in [-0.1, -0.05) is 32.6 Å². The Labute approximate surface area is 107 Å². The molecule has 6 nitrogen and oxygen atoms in total. The summed E-state index contributed by atoms with van der Waals surface area (Å²) in [7, 11) is 0. The monoisotopic (exact) mass is 251 g/mol. The van der Waals surface area contributed by atoms with E-state index in [1.807, 2.05) is 0 Å². The lowest BCUT2D eigenvalue weighted by Crippen LogP contribution is -2.27. The van der Waals surface area contributed by atoms with Crippen LogP contribution in [0.15, 0.2) is 0 Å². The van der Waals surface area contributed by atoms with Gasteiger partial charge in [-0.2, -0.15) is 4.98 Å². The van der Waals surface area contributed by atoms with E-state index in [0.717, 1.165) is 18.3 Å². The van der Waals surface area contributed by atoms with Crippen molar-refractivity contribution < 1.29 is 4.79 Å². The summed E-state index contributed by atoms with van der Waals surface area (Å²) in [4.78, 5) is 15.4. The summed E-state index contributed by atoms with van der Waals surface area (Å²) in [6.07, 6.45) is 6.25. The molecule has 0 aliphatic heterocycles. The van der Waals surface area contributed by atoms with Crippen LogP contribution < -0.4 is 11.1 Å². The first-order chi connectivity index (χ1) is 8.65. The van der Waals surface area contributed by atoms with Crippen LogP contribution in [0.1, 0.15) is 49.6 Å². The zero-order valence-corrected chi connectivity index (χ0v) is 10.8. The molecule has 1 aromatic rings. The lowest BCUT2D eigenvalue weighted by Gasteiger charge is -2.25. The molecule has 0 aromatic carbocycles. The predicted molar refractivity (Wildman–Crippen MR) is 68.9 cm³/mol. The second-order valence-electron chi connectivity index (χ2n) is 5.21. The SMILES string of the molecule is CC1CCC(CCNC(=O)c2nc(N)n[nH]2)CC1.